The second-order valence-corrected chi connectivity index (χ2v) is 9.39. The quantitative estimate of drug-likeness (QED) is 0.705. The van der Waals surface area contributed by atoms with Gasteiger partial charge >= 0.3 is 97.5 Å². The van der Waals surface area contributed by atoms with E-state index in [9.17, 15) is 0 Å². The molecule has 15 heavy (non-hydrogen) atoms. The van der Waals surface area contributed by atoms with Gasteiger partial charge in [-0.1, -0.05) is 0 Å². The van der Waals surface area contributed by atoms with Crippen molar-refractivity contribution in [1.29, 1.82) is 0 Å². The molecule has 0 aliphatic carbocycles. The molecule has 2 aromatic rings. The summed E-state index contributed by atoms with van der Waals surface area (Å²) in [4.78, 5) is 0. The molecule has 0 saturated heterocycles. The SMILES string of the molecule is C1=[CH][Sb]([c]2ccccc2)[c]2ccccc21. The first-order chi connectivity index (χ1) is 7.45. The summed E-state index contributed by atoms with van der Waals surface area (Å²) in [5.41, 5.74) is 1.43. The minimum atomic E-state index is -1.49. The van der Waals surface area contributed by atoms with Gasteiger partial charge in [-0.15, -0.1) is 0 Å². The summed E-state index contributed by atoms with van der Waals surface area (Å²) in [6.45, 7) is 0. The Kier molecular flexibility index (Phi) is 2.38. The van der Waals surface area contributed by atoms with Crippen molar-refractivity contribution in [1.82, 2.24) is 0 Å². The Labute approximate surface area is 97.2 Å². The fraction of sp³-hybridized carbons (Fsp3) is 0. The van der Waals surface area contributed by atoms with E-state index in [-0.39, 0.29) is 0 Å². The van der Waals surface area contributed by atoms with Crippen LogP contribution in [0.1, 0.15) is 5.56 Å². The Morgan fingerprint density at radius 3 is 2.33 bits per heavy atom. The van der Waals surface area contributed by atoms with Gasteiger partial charge in [0.1, 0.15) is 0 Å². The van der Waals surface area contributed by atoms with Gasteiger partial charge in [0.05, 0.1) is 0 Å². The third-order valence-electron chi connectivity index (χ3n) is 2.63. The molecule has 2 aromatic carbocycles. The van der Waals surface area contributed by atoms with Gasteiger partial charge in [-0.3, -0.25) is 0 Å². The Morgan fingerprint density at radius 2 is 1.47 bits per heavy atom. The van der Waals surface area contributed by atoms with Gasteiger partial charge in [0.25, 0.3) is 0 Å². The van der Waals surface area contributed by atoms with Crippen LogP contribution in [0.5, 0.6) is 0 Å². The van der Waals surface area contributed by atoms with Crippen molar-refractivity contribution in [2.75, 3.05) is 0 Å². The third kappa shape index (κ3) is 1.64. The Bertz CT molecular complexity index is 500. The van der Waals surface area contributed by atoms with Crippen molar-refractivity contribution in [2.24, 2.45) is 0 Å². The van der Waals surface area contributed by atoms with Gasteiger partial charge in [0.15, 0.2) is 0 Å². The summed E-state index contributed by atoms with van der Waals surface area (Å²) in [5, 5.41) is 0. The normalized spacial score (nSPS) is 14.1. The molecule has 3 rings (SSSR count). The fourth-order valence-electron chi connectivity index (χ4n) is 1.90. The van der Waals surface area contributed by atoms with E-state index in [4.69, 9.17) is 0 Å². The van der Waals surface area contributed by atoms with E-state index in [1.165, 1.54) is 5.56 Å². The average molecular weight is 301 g/mol. The molecule has 0 saturated carbocycles. The van der Waals surface area contributed by atoms with Crippen LogP contribution in [-0.2, 0) is 0 Å². The molecule has 1 heterocycles. The van der Waals surface area contributed by atoms with Crippen LogP contribution in [0.15, 0.2) is 58.6 Å². The standard InChI is InChI=1S/C8H6.C6H5.Sb/c1-2-8-6-4-3-5-7-8;1-2-4-6-5-3-1;/h1-6H;1-5H;. The average Bonchev–Trinajstić information content (AvgIpc) is 2.74. The summed E-state index contributed by atoms with van der Waals surface area (Å²) in [5.74, 6) is 0. The van der Waals surface area contributed by atoms with Crippen molar-refractivity contribution in [3.8, 4) is 0 Å². The molecule has 1 aliphatic rings. The molecular formula is C14H11Sb. The fourth-order valence-corrected chi connectivity index (χ4v) is 7.86. The first-order valence-electron chi connectivity index (χ1n) is 5.07. The second-order valence-electron chi connectivity index (χ2n) is 3.58. The number of hydrogen-bond acceptors (Lipinski definition) is 0. The van der Waals surface area contributed by atoms with Crippen molar-refractivity contribution < 1.29 is 0 Å². The summed E-state index contributed by atoms with van der Waals surface area (Å²) < 4.78 is 5.62. The van der Waals surface area contributed by atoms with E-state index in [1.54, 1.807) is 7.02 Å². The molecule has 0 atom stereocenters. The molecule has 0 radical (unpaired) electrons. The molecule has 0 aromatic heterocycles. The van der Waals surface area contributed by atoms with Crippen LogP contribution in [0.3, 0.4) is 0 Å². The van der Waals surface area contributed by atoms with Crippen molar-refractivity contribution in [3.05, 3.63) is 64.2 Å². The first-order valence-corrected chi connectivity index (χ1v) is 9.09. The van der Waals surface area contributed by atoms with Gasteiger partial charge < -0.3 is 0 Å². The molecule has 0 amide bonds. The maximum atomic E-state index is 2.46. The Morgan fingerprint density at radius 1 is 0.733 bits per heavy atom. The number of hydrogen-bond donors (Lipinski definition) is 0. The zero-order valence-corrected chi connectivity index (χ0v) is 10.9. The molecule has 1 aliphatic heterocycles. The van der Waals surface area contributed by atoms with Crippen LogP contribution in [0.25, 0.3) is 6.08 Å². The zero-order chi connectivity index (χ0) is 10.1. The van der Waals surface area contributed by atoms with Gasteiger partial charge in [0, 0.05) is 0 Å². The van der Waals surface area contributed by atoms with Gasteiger partial charge in [-0.05, 0) is 0 Å². The Balaban J connectivity index is 2.09. The molecular weight excluding hydrogens is 290 g/mol. The molecule has 72 valence electrons. The number of rotatable bonds is 1. The van der Waals surface area contributed by atoms with Gasteiger partial charge in [-0.2, -0.15) is 0 Å². The molecule has 0 bridgehead atoms. The van der Waals surface area contributed by atoms with Gasteiger partial charge in [-0.25, -0.2) is 0 Å². The molecule has 0 fully saturated rings. The Hall–Kier alpha value is -1.00. The van der Waals surface area contributed by atoms with Crippen LogP contribution < -0.4 is 7.02 Å². The predicted octanol–water partition coefficient (Wildman–Crippen LogP) is 1.86. The number of fused-ring (bicyclic) bond motifs is 1. The van der Waals surface area contributed by atoms with Crippen LogP contribution in [0.2, 0.25) is 0 Å². The predicted molar refractivity (Wildman–Crippen MR) is 66.9 cm³/mol. The van der Waals surface area contributed by atoms with Crippen LogP contribution in [0, 0.1) is 0 Å². The van der Waals surface area contributed by atoms with Crippen molar-refractivity contribution in [3.63, 3.8) is 0 Å². The van der Waals surface area contributed by atoms with Crippen LogP contribution >= 0.6 is 0 Å². The summed E-state index contributed by atoms with van der Waals surface area (Å²) in [6, 6.07) is 19.7. The van der Waals surface area contributed by atoms with Crippen LogP contribution in [-0.4, -0.2) is 20.2 Å². The van der Waals surface area contributed by atoms with Gasteiger partial charge in [0.2, 0.25) is 0 Å². The van der Waals surface area contributed by atoms with E-state index in [2.05, 4.69) is 64.7 Å². The summed E-state index contributed by atoms with van der Waals surface area (Å²) >= 11 is -1.49. The van der Waals surface area contributed by atoms with Crippen molar-refractivity contribution >= 4 is 33.3 Å². The van der Waals surface area contributed by atoms with Crippen molar-refractivity contribution in [2.45, 2.75) is 0 Å². The summed E-state index contributed by atoms with van der Waals surface area (Å²) in [6.07, 6.45) is 2.30. The van der Waals surface area contributed by atoms with E-state index in [0.717, 1.165) is 0 Å². The zero-order valence-electron chi connectivity index (χ0n) is 8.30. The van der Waals surface area contributed by atoms with E-state index in [0.29, 0.717) is 0 Å². The van der Waals surface area contributed by atoms with E-state index < -0.39 is 20.2 Å². The summed E-state index contributed by atoms with van der Waals surface area (Å²) in [7, 11) is 0. The van der Waals surface area contributed by atoms with Crippen LogP contribution in [0.4, 0.5) is 0 Å². The molecule has 0 unspecified atom stereocenters. The number of benzene rings is 2. The topological polar surface area (TPSA) is 0 Å². The van der Waals surface area contributed by atoms with E-state index >= 15 is 0 Å². The molecule has 0 N–H and O–H groups in total. The second kappa shape index (κ2) is 3.87. The monoisotopic (exact) mass is 300 g/mol. The molecule has 0 spiro atoms. The third-order valence-corrected chi connectivity index (χ3v) is 8.99. The molecule has 1 heteroatoms. The molecule has 0 nitrogen and oxygen atoms in total. The van der Waals surface area contributed by atoms with E-state index in [1.807, 2.05) is 0 Å². The first kappa shape index (κ1) is 9.24. The minimum absolute atomic E-state index is 1.43. The maximum absolute atomic E-state index is 2.46.